The number of hydrogen-bond donors (Lipinski definition) is 1. The van der Waals surface area contributed by atoms with Gasteiger partial charge in [-0.05, 0) is 30.3 Å². The average Bonchev–Trinajstić information content (AvgIpc) is 3.31. The number of nitrogens with zero attached hydrogens (tertiary/aromatic N) is 1. The summed E-state index contributed by atoms with van der Waals surface area (Å²) in [6.07, 6.45) is 4.75. The molecular weight excluding hydrogens is 312 g/mol. The van der Waals surface area contributed by atoms with Crippen molar-refractivity contribution < 1.29 is 23.2 Å². The molecule has 0 radical (unpaired) electrons. The van der Waals surface area contributed by atoms with Crippen molar-refractivity contribution in [2.45, 2.75) is 12.6 Å². The number of rotatable bonds is 6. The summed E-state index contributed by atoms with van der Waals surface area (Å²) in [4.78, 5) is 28.5. The molecule has 0 saturated heterocycles. The summed E-state index contributed by atoms with van der Waals surface area (Å²) in [5, 5.41) is 2.67. The molecule has 0 spiro atoms. The van der Waals surface area contributed by atoms with Gasteiger partial charge in [0.2, 0.25) is 11.9 Å². The maximum absolute atomic E-state index is 12.5. The van der Waals surface area contributed by atoms with Crippen LogP contribution in [0.3, 0.4) is 0 Å². The summed E-state index contributed by atoms with van der Waals surface area (Å²) in [5.74, 6) is -0.616. The third-order valence-electron chi connectivity index (χ3n) is 3.19. The summed E-state index contributed by atoms with van der Waals surface area (Å²) in [5.41, 5.74) is 0.453. The zero-order valence-corrected chi connectivity index (χ0v) is 12.5. The second-order valence-corrected chi connectivity index (χ2v) is 4.85. The van der Waals surface area contributed by atoms with Crippen molar-refractivity contribution >= 4 is 11.9 Å². The molecule has 3 aromatic rings. The van der Waals surface area contributed by atoms with Gasteiger partial charge >= 0.3 is 5.97 Å². The predicted molar refractivity (Wildman–Crippen MR) is 81.7 cm³/mol. The molecule has 7 nitrogen and oxygen atoms in total. The summed E-state index contributed by atoms with van der Waals surface area (Å²) in [7, 11) is 0. The van der Waals surface area contributed by atoms with Crippen LogP contribution in [-0.4, -0.2) is 16.9 Å². The summed E-state index contributed by atoms with van der Waals surface area (Å²) < 4.78 is 15.5. The van der Waals surface area contributed by atoms with E-state index < -0.39 is 18.0 Å². The topological polar surface area (TPSA) is 94.6 Å². The summed E-state index contributed by atoms with van der Waals surface area (Å²) >= 11 is 0. The summed E-state index contributed by atoms with van der Waals surface area (Å²) in [6.45, 7) is 0.181. The van der Waals surface area contributed by atoms with E-state index >= 15 is 0 Å². The Kier molecular flexibility index (Phi) is 4.71. The Morgan fingerprint density at radius 2 is 1.96 bits per heavy atom. The highest BCUT2D eigenvalue weighted by Gasteiger charge is 2.27. The Bertz CT molecular complexity index is 782. The fraction of sp³-hybridized carbons (Fsp3) is 0.118. The number of furan rings is 2. The van der Waals surface area contributed by atoms with Crippen LogP contribution in [0.1, 0.15) is 28.0 Å². The molecule has 0 bridgehead atoms. The Morgan fingerprint density at radius 3 is 2.62 bits per heavy atom. The predicted octanol–water partition coefficient (Wildman–Crippen LogP) is 2.48. The van der Waals surface area contributed by atoms with Crippen molar-refractivity contribution in [2.75, 3.05) is 0 Å². The lowest BCUT2D eigenvalue weighted by Crippen LogP contribution is -2.31. The molecule has 0 aliphatic carbocycles. The second kappa shape index (κ2) is 7.28. The van der Waals surface area contributed by atoms with Crippen LogP contribution in [0.25, 0.3) is 0 Å². The number of hydrogen-bond acceptors (Lipinski definition) is 6. The highest BCUT2D eigenvalue weighted by molar-refractivity contribution is 5.90. The number of carbonyl (C=O) groups excluding carboxylic acids is 2. The van der Waals surface area contributed by atoms with E-state index in [-0.39, 0.29) is 12.3 Å². The maximum atomic E-state index is 12.5. The largest absolute Gasteiger partial charge is 0.467 e. The van der Waals surface area contributed by atoms with Crippen molar-refractivity contribution in [2.24, 2.45) is 0 Å². The first-order valence-corrected chi connectivity index (χ1v) is 7.18. The number of ether oxygens (including phenoxy) is 1. The molecule has 3 heterocycles. The molecule has 3 rings (SSSR count). The van der Waals surface area contributed by atoms with Crippen LogP contribution in [0.5, 0.6) is 0 Å². The van der Waals surface area contributed by atoms with Gasteiger partial charge in [-0.1, -0.05) is 6.07 Å². The van der Waals surface area contributed by atoms with Gasteiger partial charge in [-0.25, -0.2) is 4.79 Å². The van der Waals surface area contributed by atoms with Gasteiger partial charge in [-0.2, -0.15) is 0 Å². The quantitative estimate of drug-likeness (QED) is 0.699. The third kappa shape index (κ3) is 3.70. The molecule has 7 heteroatoms. The van der Waals surface area contributed by atoms with E-state index in [1.807, 2.05) is 0 Å². The SMILES string of the molecule is O=C(OC(C(=O)NCc1ccco1)c1cccnc1)c1ccco1. The van der Waals surface area contributed by atoms with Crippen LogP contribution < -0.4 is 5.32 Å². The van der Waals surface area contributed by atoms with Crippen molar-refractivity contribution in [3.8, 4) is 0 Å². The highest BCUT2D eigenvalue weighted by atomic mass is 16.6. The minimum atomic E-state index is -1.15. The van der Waals surface area contributed by atoms with Crippen LogP contribution in [0.2, 0.25) is 0 Å². The zero-order valence-electron chi connectivity index (χ0n) is 12.5. The van der Waals surface area contributed by atoms with Gasteiger partial charge in [0, 0.05) is 18.0 Å². The number of aromatic nitrogens is 1. The average molecular weight is 326 g/mol. The van der Waals surface area contributed by atoms with E-state index in [4.69, 9.17) is 13.6 Å². The number of carbonyl (C=O) groups is 2. The molecule has 1 amide bonds. The van der Waals surface area contributed by atoms with Crippen LogP contribution in [0, 0.1) is 0 Å². The number of pyridine rings is 1. The van der Waals surface area contributed by atoms with Crippen molar-refractivity contribution in [3.05, 3.63) is 78.4 Å². The van der Waals surface area contributed by atoms with E-state index in [1.165, 1.54) is 24.8 Å². The lowest BCUT2D eigenvalue weighted by Gasteiger charge is -2.16. The van der Waals surface area contributed by atoms with Crippen molar-refractivity contribution in [1.29, 1.82) is 0 Å². The lowest BCUT2D eigenvalue weighted by molar-refractivity contribution is -0.130. The van der Waals surface area contributed by atoms with E-state index in [0.29, 0.717) is 11.3 Å². The monoisotopic (exact) mass is 326 g/mol. The number of nitrogens with one attached hydrogen (secondary N) is 1. The molecule has 0 fully saturated rings. The smallest absolute Gasteiger partial charge is 0.375 e. The molecule has 0 aliphatic rings. The molecule has 1 atom stereocenters. The van der Waals surface area contributed by atoms with Crippen molar-refractivity contribution in [3.63, 3.8) is 0 Å². The minimum Gasteiger partial charge on any atom is -0.467 e. The Hall–Kier alpha value is -3.35. The fourth-order valence-corrected chi connectivity index (χ4v) is 2.04. The van der Waals surface area contributed by atoms with Gasteiger partial charge in [-0.3, -0.25) is 9.78 Å². The van der Waals surface area contributed by atoms with Gasteiger partial charge < -0.3 is 18.9 Å². The normalized spacial score (nSPS) is 11.7. The van der Waals surface area contributed by atoms with Crippen LogP contribution in [-0.2, 0) is 16.1 Å². The molecule has 0 aromatic carbocycles. The molecule has 24 heavy (non-hydrogen) atoms. The van der Waals surface area contributed by atoms with E-state index in [2.05, 4.69) is 10.3 Å². The molecule has 3 aromatic heterocycles. The first kappa shape index (κ1) is 15.5. The Labute approximate surface area is 137 Å². The highest BCUT2D eigenvalue weighted by Crippen LogP contribution is 2.19. The summed E-state index contributed by atoms with van der Waals surface area (Å²) in [6, 6.07) is 9.78. The van der Waals surface area contributed by atoms with Crippen molar-refractivity contribution in [1.82, 2.24) is 10.3 Å². The maximum Gasteiger partial charge on any atom is 0.375 e. The minimum absolute atomic E-state index is 0.0164. The van der Waals surface area contributed by atoms with E-state index in [9.17, 15) is 9.59 Å². The van der Waals surface area contributed by atoms with Gasteiger partial charge in [-0.15, -0.1) is 0 Å². The van der Waals surface area contributed by atoms with Crippen LogP contribution >= 0.6 is 0 Å². The lowest BCUT2D eigenvalue weighted by atomic mass is 10.1. The second-order valence-electron chi connectivity index (χ2n) is 4.85. The van der Waals surface area contributed by atoms with Gasteiger partial charge in [0.25, 0.3) is 5.91 Å². The van der Waals surface area contributed by atoms with Crippen LogP contribution in [0.15, 0.2) is 70.2 Å². The first-order chi connectivity index (χ1) is 11.7. The van der Waals surface area contributed by atoms with Gasteiger partial charge in [0.05, 0.1) is 19.1 Å². The molecule has 1 N–H and O–H groups in total. The molecular formula is C17H14N2O5. The van der Waals surface area contributed by atoms with E-state index in [0.717, 1.165) is 0 Å². The van der Waals surface area contributed by atoms with Crippen LogP contribution in [0.4, 0.5) is 0 Å². The zero-order chi connectivity index (χ0) is 16.8. The molecule has 122 valence electrons. The van der Waals surface area contributed by atoms with Gasteiger partial charge in [0.1, 0.15) is 5.76 Å². The molecule has 1 unspecified atom stereocenters. The fourth-order valence-electron chi connectivity index (χ4n) is 2.04. The number of esters is 1. The Morgan fingerprint density at radius 1 is 1.12 bits per heavy atom. The van der Waals surface area contributed by atoms with Gasteiger partial charge in [0.15, 0.2) is 0 Å². The standard InChI is InChI=1S/C17H14N2O5/c20-16(19-11-13-5-2-8-22-13)15(12-4-1-7-18-10-12)24-17(21)14-6-3-9-23-14/h1-10,15H,11H2,(H,19,20). The third-order valence-corrected chi connectivity index (χ3v) is 3.19. The first-order valence-electron chi connectivity index (χ1n) is 7.18. The Balaban J connectivity index is 1.74. The molecule has 0 aliphatic heterocycles. The van der Waals surface area contributed by atoms with E-state index in [1.54, 1.807) is 36.5 Å². The number of amides is 1. The molecule has 0 saturated carbocycles.